The number of halogens is 1. The predicted octanol–water partition coefficient (Wildman–Crippen LogP) is 5.38. The fourth-order valence-corrected chi connectivity index (χ4v) is 5.20. The molecule has 0 saturated carbocycles. The number of anilines is 1. The first-order valence-electron chi connectivity index (χ1n) is 12.9. The second-order valence-electron chi connectivity index (χ2n) is 10.7. The fraction of sp³-hybridized carbons (Fsp3) is 0.267. The Morgan fingerprint density at radius 2 is 1.68 bits per heavy atom. The van der Waals surface area contributed by atoms with Crippen molar-refractivity contribution in [3.05, 3.63) is 95.0 Å². The summed E-state index contributed by atoms with van der Waals surface area (Å²) in [5.41, 5.74) is 4.11. The Kier molecular flexibility index (Phi) is 8.77. The Morgan fingerprint density at radius 3 is 2.22 bits per heavy atom. The lowest BCUT2D eigenvalue weighted by Gasteiger charge is -2.32. The zero-order valence-electron chi connectivity index (χ0n) is 24.0. The van der Waals surface area contributed by atoms with E-state index in [1.807, 2.05) is 58.4 Å². The number of carbonyl (C=O) groups excluding carboxylic acids is 1. The average molecular weight is 592 g/mol. The van der Waals surface area contributed by atoms with Gasteiger partial charge in [0.25, 0.3) is 0 Å². The highest BCUT2D eigenvalue weighted by atomic mass is 35.5. The van der Waals surface area contributed by atoms with E-state index in [9.17, 15) is 9.00 Å². The van der Waals surface area contributed by atoms with Crippen molar-refractivity contribution in [3.8, 4) is 11.1 Å². The molecule has 0 aliphatic rings. The molecule has 0 spiro atoms. The molecule has 0 radical (unpaired) electrons. The van der Waals surface area contributed by atoms with Crippen LogP contribution in [0.15, 0.2) is 83.3 Å². The summed E-state index contributed by atoms with van der Waals surface area (Å²) in [6.45, 7) is 11.0. The molecule has 2 heterocycles. The fourth-order valence-electron chi connectivity index (χ4n) is 4.19. The SMILES string of the molecule is C=Nn1cc(-c2cnn(C)c2)cc1C(=NC)c1ccc(NC(=O)C(C)(NS(=O)C(C)(C)C)c2ccc(Cl)cc2)cc1. The van der Waals surface area contributed by atoms with Gasteiger partial charge in [-0.1, -0.05) is 35.9 Å². The minimum absolute atomic E-state index is 0.361. The number of hydrogen-bond acceptors (Lipinski definition) is 5. The maximum atomic E-state index is 13.7. The zero-order valence-corrected chi connectivity index (χ0v) is 25.5. The summed E-state index contributed by atoms with van der Waals surface area (Å²) in [6, 6.07) is 16.3. The van der Waals surface area contributed by atoms with Crippen LogP contribution in [0.4, 0.5) is 5.69 Å². The van der Waals surface area contributed by atoms with E-state index in [4.69, 9.17) is 11.6 Å². The van der Waals surface area contributed by atoms with E-state index in [1.54, 1.807) is 65.9 Å². The highest BCUT2D eigenvalue weighted by molar-refractivity contribution is 7.84. The minimum atomic E-state index is -1.52. The van der Waals surface area contributed by atoms with Gasteiger partial charge in [0.15, 0.2) is 0 Å². The number of nitrogens with one attached hydrogen (secondary N) is 2. The Hall–Kier alpha value is -3.86. The Morgan fingerprint density at radius 1 is 1.02 bits per heavy atom. The summed E-state index contributed by atoms with van der Waals surface area (Å²) in [5, 5.41) is 11.9. The van der Waals surface area contributed by atoms with Crippen LogP contribution >= 0.6 is 11.6 Å². The van der Waals surface area contributed by atoms with Gasteiger partial charge in [0.1, 0.15) is 5.54 Å². The van der Waals surface area contributed by atoms with E-state index in [-0.39, 0.29) is 5.91 Å². The van der Waals surface area contributed by atoms with E-state index in [0.717, 1.165) is 22.4 Å². The topological polar surface area (TPSA) is 106 Å². The van der Waals surface area contributed by atoms with Crippen molar-refractivity contribution in [2.24, 2.45) is 17.1 Å². The van der Waals surface area contributed by atoms with Crippen molar-refractivity contribution in [2.75, 3.05) is 12.4 Å². The number of amides is 1. The molecule has 0 aliphatic heterocycles. The zero-order chi connectivity index (χ0) is 29.9. The van der Waals surface area contributed by atoms with Gasteiger partial charge in [-0.3, -0.25) is 14.5 Å². The quantitative estimate of drug-likeness (QED) is 0.255. The molecule has 2 N–H and O–H groups in total. The summed E-state index contributed by atoms with van der Waals surface area (Å²) in [5.74, 6) is -0.361. The van der Waals surface area contributed by atoms with Crippen molar-refractivity contribution >= 4 is 46.6 Å². The first kappa shape index (κ1) is 30.1. The standard InChI is InChI=1S/C30H34ClN7O2S/c1-29(2,3)41(40)36-30(4,23-10-12-24(31)13-11-23)28(39)35-25-14-8-20(9-15-25)27(32-5)26-16-21(19-38(26)33-6)22-17-34-37(7)18-22/h8-19,36H,6H2,1-5,7H3,(H,35,39). The summed E-state index contributed by atoms with van der Waals surface area (Å²) >= 11 is 6.09. The van der Waals surface area contributed by atoms with Crippen LogP contribution in [0.25, 0.3) is 11.1 Å². The van der Waals surface area contributed by atoms with E-state index >= 15 is 0 Å². The third-order valence-corrected chi connectivity index (χ3v) is 8.56. The largest absolute Gasteiger partial charge is 0.324 e. The summed E-state index contributed by atoms with van der Waals surface area (Å²) in [7, 11) is 2.06. The molecule has 9 nitrogen and oxygen atoms in total. The van der Waals surface area contributed by atoms with Crippen LogP contribution in [0.2, 0.25) is 5.02 Å². The normalized spacial score (nSPS) is 14.4. The lowest BCUT2D eigenvalue weighted by molar-refractivity contribution is -0.121. The summed E-state index contributed by atoms with van der Waals surface area (Å²) in [6.07, 6.45) is 5.60. The van der Waals surface area contributed by atoms with E-state index in [2.05, 4.69) is 31.9 Å². The second kappa shape index (κ2) is 11.9. The summed E-state index contributed by atoms with van der Waals surface area (Å²) < 4.78 is 19.0. The molecule has 11 heteroatoms. The van der Waals surface area contributed by atoms with Crippen molar-refractivity contribution in [1.82, 2.24) is 19.2 Å². The molecule has 0 fully saturated rings. The van der Waals surface area contributed by atoms with Crippen molar-refractivity contribution in [3.63, 3.8) is 0 Å². The van der Waals surface area contributed by atoms with Gasteiger partial charge in [0.05, 0.1) is 33.3 Å². The molecule has 4 rings (SSSR count). The summed E-state index contributed by atoms with van der Waals surface area (Å²) in [4.78, 5) is 18.2. The maximum absolute atomic E-state index is 13.7. The van der Waals surface area contributed by atoms with E-state index in [0.29, 0.717) is 22.0 Å². The monoisotopic (exact) mass is 591 g/mol. The molecule has 214 valence electrons. The number of aryl methyl sites for hydroxylation is 1. The molecule has 0 bridgehead atoms. The third kappa shape index (κ3) is 6.56. The first-order valence-corrected chi connectivity index (χ1v) is 14.4. The lowest BCUT2D eigenvalue weighted by atomic mass is 9.92. The van der Waals surface area contributed by atoms with Gasteiger partial charge in [-0.15, -0.1) is 0 Å². The molecular formula is C30H34ClN7O2S. The maximum Gasteiger partial charge on any atom is 0.249 e. The number of carbonyl (C=O) groups is 1. The van der Waals surface area contributed by atoms with Gasteiger partial charge in [-0.25, -0.2) is 13.6 Å². The van der Waals surface area contributed by atoms with Crippen LogP contribution in [0.3, 0.4) is 0 Å². The first-order chi connectivity index (χ1) is 19.3. The molecule has 2 aromatic heterocycles. The second-order valence-corrected chi connectivity index (χ2v) is 13.1. The van der Waals surface area contributed by atoms with Gasteiger partial charge in [-0.05, 0) is 63.6 Å². The molecule has 41 heavy (non-hydrogen) atoms. The van der Waals surface area contributed by atoms with Crippen molar-refractivity contribution in [2.45, 2.75) is 38.0 Å². The molecule has 4 aromatic rings. The highest BCUT2D eigenvalue weighted by Gasteiger charge is 2.39. The number of hydrogen-bond donors (Lipinski definition) is 2. The predicted molar refractivity (Wildman–Crippen MR) is 168 cm³/mol. The number of nitrogens with zero attached hydrogens (tertiary/aromatic N) is 5. The highest BCUT2D eigenvalue weighted by Crippen LogP contribution is 2.28. The van der Waals surface area contributed by atoms with Gasteiger partial charge in [-0.2, -0.15) is 10.2 Å². The molecular weight excluding hydrogens is 558 g/mol. The van der Waals surface area contributed by atoms with Gasteiger partial charge in [0, 0.05) is 60.6 Å². The third-order valence-electron chi connectivity index (χ3n) is 6.60. The minimum Gasteiger partial charge on any atom is -0.324 e. The van der Waals surface area contributed by atoms with Crippen LogP contribution in [0, 0.1) is 0 Å². The lowest BCUT2D eigenvalue weighted by Crippen LogP contribution is -2.53. The Bertz CT molecular complexity index is 1620. The van der Waals surface area contributed by atoms with E-state index in [1.165, 1.54) is 0 Å². The van der Waals surface area contributed by atoms with Crippen LogP contribution in [0.5, 0.6) is 0 Å². The van der Waals surface area contributed by atoms with Gasteiger partial charge in [0.2, 0.25) is 5.91 Å². The molecule has 2 atom stereocenters. The number of rotatable bonds is 9. The van der Waals surface area contributed by atoms with Crippen LogP contribution in [-0.2, 0) is 28.4 Å². The van der Waals surface area contributed by atoms with Gasteiger partial charge >= 0.3 is 0 Å². The van der Waals surface area contributed by atoms with Crippen LogP contribution < -0.4 is 10.0 Å². The van der Waals surface area contributed by atoms with E-state index < -0.39 is 21.3 Å². The Balaban J connectivity index is 1.61. The molecule has 2 unspecified atom stereocenters. The molecule has 1 amide bonds. The van der Waals surface area contributed by atoms with Crippen LogP contribution in [0.1, 0.15) is 44.5 Å². The molecule has 0 saturated heterocycles. The number of aromatic nitrogens is 3. The molecule has 2 aromatic carbocycles. The van der Waals surface area contributed by atoms with Crippen LogP contribution in [-0.4, -0.2) is 48.8 Å². The smallest absolute Gasteiger partial charge is 0.249 e. The molecule has 0 aliphatic carbocycles. The Labute approximate surface area is 247 Å². The number of aliphatic imine (C=N–C) groups is 1. The average Bonchev–Trinajstić information content (AvgIpc) is 3.56. The van der Waals surface area contributed by atoms with Crippen molar-refractivity contribution in [1.29, 1.82) is 0 Å². The number of benzene rings is 2. The van der Waals surface area contributed by atoms with Gasteiger partial charge < -0.3 is 5.32 Å². The van der Waals surface area contributed by atoms with Crippen molar-refractivity contribution < 1.29 is 9.00 Å².